The van der Waals surface area contributed by atoms with Crippen LogP contribution in [0.2, 0.25) is 0 Å². The van der Waals surface area contributed by atoms with E-state index in [0.29, 0.717) is 5.82 Å². The van der Waals surface area contributed by atoms with Crippen molar-refractivity contribution in [3.05, 3.63) is 33.5 Å². The molecule has 2 N–H and O–H groups in total. The van der Waals surface area contributed by atoms with Crippen LogP contribution >= 0.6 is 33.9 Å². The zero-order chi connectivity index (χ0) is 12.0. The lowest BCUT2D eigenvalue weighted by atomic mass is 10.3. The topological polar surface area (TPSA) is 56.7 Å². The summed E-state index contributed by atoms with van der Waals surface area (Å²) < 4.78 is 3.84. The molecule has 6 heteroatoms. The maximum atomic E-state index is 6.02. The minimum Gasteiger partial charge on any atom is -0.383 e. The molecule has 0 atom stereocenters. The molecule has 4 nitrogen and oxygen atoms in total. The number of rotatable bonds is 1. The fourth-order valence-corrected chi connectivity index (χ4v) is 2.89. The van der Waals surface area contributed by atoms with Crippen molar-refractivity contribution in [1.82, 2.24) is 14.8 Å². The second kappa shape index (κ2) is 3.95. The summed E-state index contributed by atoms with van der Waals surface area (Å²) in [5, 5.41) is 5.22. The first-order chi connectivity index (χ1) is 8.16. The lowest BCUT2D eigenvalue weighted by Crippen LogP contribution is -2.01. The molecule has 3 aromatic rings. The van der Waals surface area contributed by atoms with E-state index in [2.05, 4.69) is 32.7 Å². The van der Waals surface area contributed by atoms with Gasteiger partial charge in [0.15, 0.2) is 0 Å². The van der Waals surface area contributed by atoms with Crippen LogP contribution in [-0.4, -0.2) is 14.8 Å². The summed E-state index contributed by atoms with van der Waals surface area (Å²) in [6.07, 6.45) is 0. The summed E-state index contributed by atoms with van der Waals surface area (Å²) >= 11 is 3.80. The Morgan fingerprint density at radius 3 is 2.76 bits per heavy atom. The van der Waals surface area contributed by atoms with Gasteiger partial charge in [-0.25, -0.2) is 4.98 Å². The Morgan fingerprint density at radius 1 is 1.35 bits per heavy atom. The molecular formula is C11H9IN4S. The van der Waals surface area contributed by atoms with Crippen LogP contribution in [0.3, 0.4) is 0 Å². The predicted molar refractivity (Wildman–Crippen MR) is 78.6 cm³/mol. The highest BCUT2D eigenvalue weighted by atomic mass is 127. The minimum absolute atomic E-state index is 0.655. The highest BCUT2D eigenvalue weighted by Gasteiger charge is 2.14. The minimum atomic E-state index is 0.655. The van der Waals surface area contributed by atoms with Crippen LogP contribution in [0.25, 0.3) is 15.3 Å². The van der Waals surface area contributed by atoms with Crippen LogP contribution in [0.15, 0.2) is 24.3 Å². The Bertz CT molecular complexity index is 668. The number of hydrogen-bond acceptors (Lipinski definition) is 4. The van der Waals surface area contributed by atoms with Crippen molar-refractivity contribution in [3.63, 3.8) is 0 Å². The number of anilines is 1. The van der Waals surface area contributed by atoms with E-state index in [1.807, 2.05) is 31.2 Å². The van der Waals surface area contributed by atoms with Crippen LogP contribution in [0.1, 0.15) is 5.69 Å². The second-order valence-corrected chi connectivity index (χ2v) is 5.75. The van der Waals surface area contributed by atoms with Gasteiger partial charge in [0.2, 0.25) is 5.13 Å². The quantitative estimate of drug-likeness (QED) is 0.682. The number of nitrogens with zero attached hydrogens (tertiary/aromatic N) is 3. The van der Waals surface area contributed by atoms with E-state index in [1.165, 1.54) is 0 Å². The first kappa shape index (κ1) is 11.0. The maximum Gasteiger partial charge on any atom is 0.213 e. The molecule has 1 aromatic carbocycles. The average molecular weight is 356 g/mol. The summed E-state index contributed by atoms with van der Waals surface area (Å²) in [6, 6.07) is 8.03. The van der Waals surface area contributed by atoms with Crippen molar-refractivity contribution in [3.8, 4) is 5.13 Å². The van der Waals surface area contributed by atoms with Crippen molar-refractivity contribution in [2.24, 2.45) is 0 Å². The Hall–Kier alpha value is -1.15. The largest absolute Gasteiger partial charge is 0.383 e. The second-order valence-electron chi connectivity index (χ2n) is 3.66. The van der Waals surface area contributed by atoms with Crippen molar-refractivity contribution < 1.29 is 0 Å². The number of benzene rings is 1. The van der Waals surface area contributed by atoms with Gasteiger partial charge in [-0.05, 0) is 41.6 Å². The Kier molecular flexibility index (Phi) is 2.55. The van der Waals surface area contributed by atoms with Crippen LogP contribution < -0.4 is 5.73 Å². The van der Waals surface area contributed by atoms with E-state index < -0.39 is 0 Å². The lowest BCUT2D eigenvalue weighted by Gasteiger charge is -1.96. The van der Waals surface area contributed by atoms with Gasteiger partial charge in [-0.2, -0.15) is 9.78 Å². The first-order valence-electron chi connectivity index (χ1n) is 5.03. The Balaban J connectivity index is 2.23. The van der Waals surface area contributed by atoms with Gasteiger partial charge < -0.3 is 5.73 Å². The number of aromatic nitrogens is 3. The molecule has 0 aliphatic carbocycles. The molecule has 0 saturated heterocycles. The van der Waals surface area contributed by atoms with Crippen molar-refractivity contribution in [2.75, 3.05) is 5.73 Å². The molecule has 0 aliphatic heterocycles. The molecule has 0 spiro atoms. The summed E-state index contributed by atoms with van der Waals surface area (Å²) in [4.78, 5) is 4.53. The Morgan fingerprint density at radius 2 is 2.12 bits per heavy atom. The third-order valence-corrected chi connectivity index (χ3v) is 4.83. The average Bonchev–Trinajstić information content (AvgIpc) is 2.86. The van der Waals surface area contributed by atoms with Crippen LogP contribution in [0, 0.1) is 10.5 Å². The molecule has 0 amide bonds. The SMILES string of the molecule is Cc1nn(-c2nc3ccccc3s2)c(N)c1I. The van der Waals surface area contributed by atoms with Gasteiger partial charge in [-0.3, -0.25) is 0 Å². The smallest absolute Gasteiger partial charge is 0.213 e. The predicted octanol–water partition coefficient (Wildman–Crippen LogP) is 2.98. The number of nitrogen functional groups attached to an aromatic ring is 1. The van der Waals surface area contributed by atoms with Crippen LogP contribution in [-0.2, 0) is 0 Å². The normalized spacial score (nSPS) is 11.2. The summed E-state index contributed by atoms with van der Waals surface area (Å²) in [5.74, 6) is 0.655. The molecule has 2 heterocycles. The number of hydrogen-bond donors (Lipinski definition) is 1. The number of para-hydroxylation sites is 1. The lowest BCUT2D eigenvalue weighted by molar-refractivity contribution is 0.865. The van der Waals surface area contributed by atoms with Crippen LogP contribution in [0.4, 0.5) is 5.82 Å². The number of halogens is 1. The molecule has 0 aliphatic rings. The summed E-state index contributed by atoms with van der Waals surface area (Å²) in [7, 11) is 0. The zero-order valence-electron chi connectivity index (χ0n) is 9.01. The summed E-state index contributed by atoms with van der Waals surface area (Å²) in [6.45, 7) is 1.95. The van der Waals surface area contributed by atoms with Gasteiger partial charge in [-0.15, -0.1) is 0 Å². The standard InChI is InChI=1S/C11H9IN4S/c1-6-9(12)10(13)16(15-6)11-14-7-4-2-3-5-8(7)17-11/h2-5H,13H2,1H3. The molecule has 2 aromatic heterocycles. The molecule has 0 radical (unpaired) electrons. The van der Waals surface area contributed by atoms with E-state index in [9.17, 15) is 0 Å². The Labute approximate surface area is 116 Å². The van der Waals surface area contributed by atoms with Gasteiger partial charge in [0.25, 0.3) is 0 Å². The first-order valence-corrected chi connectivity index (χ1v) is 6.93. The van der Waals surface area contributed by atoms with Crippen molar-refractivity contribution >= 4 is 50.0 Å². The third kappa shape index (κ3) is 1.71. The molecule has 0 bridgehead atoms. The zero-order valence-corrected chi connectivity index (χ0v) is 12.0. The molecule has 17 heavy (non-hydrogen) atoms. The molecule has 0 fully saturated rings. The summed E-state index contributed by atoms with van der Waals surface area (Å²) in [5.41, 5.74) is 7.93. The molecule has 86 valence electrons. The van der Waals surface area contributed by atoms with Gasteiger partial charge in [0.1, 0.15) is 5.82 Å². The molecule has 0 unspecified atom stereocenters. The third-order valence-electron chi connectivity index (χ3n) is 2.48. The van der Waals surface area contributed by atoms with Gasteiger partial charge >= 0.3 is 0 Å². The van der Waals surface area contributed by atoms with Gasteiger partial charge in [0, 0.05) is 0 Å². The number of fused-ring (bicyclic) bond motifs is 1. The van der Waals surface area contributed by atoms with E-state index in [-0.39, 0.29) is 0 Å². The van der Waals surface area contributed by atoms with Gasteiger partial charge in [-0.1, -0.05) is 23.5 Å². The van der Waals surface area contributed by atoms with Crippen molar-refractivity contribution in [1.29, 1.82) is 0 Å². The number of nitrogens with two attached hydrogens (primary N) is 1. The highest BCUT2D eigenvalue weighted by molar-refractivity contribution is 14.1. The number of thiazole rings is 1. The van der Waals surface area contributed by atoms with Crippen LogP contribution in [0.5, 0.6) is 0 Å². The van der Waals surface area contributed by atoms with E-state index in [0.717, 1.165) is 24.6 Å². The van der Waals surface area contributed by atoms with E-state index in [4.69, 9.17) is 5.73 Å². The van der Waals surface area contributed by atoms with Gasteiger partial charge in [0.05, 0.1) is 19.5 Å². The van der Waals surface area contributed by atoms with E-state index in [1.54, 1.807) is 16.0 Å². The van der Waals surface area contributed by atoms with Crippen molar-refractivity contribution in [2.45, 2.75) is 6.92 Å². The molecular weight excluding hydrogens is 347 g/mol. The number of aryl methyl sites for hydroxylation is 1. The highest BCUT2D eigenvalue weighted by Crippen LogP contribution is 2.28. The molecule has 3 rings (SSSR count). The monoisotopic (exact) mass is 356 g/mol. The fourth-order valence-electron chi connectivity index (χ4n) is 1.62. The van der Waals surface area contributed by atoms with E-state index >= 15 is 0 Å². The maximum absolute atomic E-state index is 6.02. The fraction of sp³-hybridized carbons (Fsp3) is 0.0909. The molecule has 0 saturated carbocycles.